The van der Waals surface area contributed by atoms with E-state index in [2.05, 4.69) is 20.6 Å². The summed E-state index contributed by atoms with van der Waals surface area (Å²) in [7, 11) is 0. The fourth-order valence-electron chi connectivity index (χ4n) is 3.82. The van der Waals surface area contributed by atoms with Crippen LogP contribution in [0.3, 0.4) is 0 Å². The first-order valence-corrected chi connectivity index (χ1v) is 10.3. The van der Waals surface area contributed by atoms with Gasteiger partial charge in [-0.25, -0.2) is 9.37 Å². The Morgan fingerprint density at radius 1 is 1.03 bits per heavy atom. The van der Waals surface area contributed by atoms with Crippen LogP contribution in [-0.4, -0.2) is 28.0 Å². The van der Waals surface area contributed by atoms with Crippen molar-refractivity contribution in [2.24, 2.45) is 11.5 Å². The minimum Gasteiger partial charge on any atom is -0.365 e. The van der Waals surface area contributed by atoms with Crippen molar-refractivity contribution in [1.29, 1.82) is 0 Å². The monoisotopic (exact) mass is 420 g/mol. The van der Waals surface area contributed by atoms with Crippen LogP contribution < -0.4 is 22.1 Å². The molecule has 0 radical (unpaired) electrons. The summed E-state index contributed by atoms with van der Waals surface area (Å²) in [5.41, 5.74) is 14.1. The van der Waals surface area contributed by atoms with Gasteiger partial charge in [-0.2, -0.15) is 0 Å². The van der Waals surface area contributed by atoms with Crippen molar-refractivity contribution in [2.45, 2.75) is 37.8 Å². The molecular formula is C23H25FN6O. The number of carbonyl (C=O) groups excluding carboxylic acids is 1. The number of nitrogens with two attached hydrogens (primary N) is 2. The average molecular weight is 420 g/mol. The number of hydrogen-bond acceptors (Lipinski definition) is 6. The minimum atomic E-state index is -0.776. The van der Waals surface area contributed by atoms with Crippen molar-refractivity contribution in [3.8, 4) is 11.1 Å². The van der Waals surface area contributed by atoms with Crippen LogP contribution in [0.4, 0.5) is 21.7 Å². The van der Waals surface area contributed by atoms with Crippen molar-refractivity contribution in [3.05, 3.63) is 66.2 Å². The van der Waals surface area contributed by atoms with Crippen LogP contribution in [0, 0.1) is 5.82 Å². The van der Waals surface area contributed by atoms with Crippen LogP contribution in [-0.2, 0) is 0 Å². The lowest BCUT2D eigenvalue weighted by Crippen LogP contribution is -2.43. The maximum atomic E-state index is 14.7. The van der Waals surface area contributed by atoms with Crippen LogP contribution in [0.5, 0.6) is 0 Å². The molecular weight excluding hydrogens is 395 g/mol. The number of hydrogen-bond donors (Lipinski definition) is 4. The first-order valence-electron chi connectivity index (χ1n) is 10.3. The zero-order chi connectivity index (χ0) is 21.8. The number of anilines is 3. The van der Waals surface area contributed by atoms with E-state index in [0.29, 0.717) is 5.69 Å². The highest BCUT2D eigenvalue weighted by Gasteiger charge is 2.24. The number of amides is 1. The normalized spacial score (nSPS) is 18.4. The van der Waals surface area contributed by atoms with Crippen molar-refractivity contribution in [1.82, 2.24) is 9.97 Å². The van der Waals surface area contributed by atoms with Crippen LogP contribution in [0.2, 0.25) is 0 Å². The molecule has 1 aliphatic carbocycles. The first-order chi connectivity index (χ1) is 15.0. The Labute approximate surface area is 180 Å². The number of aromatic nitrogens is 2. The molecule has 0 bridgehead atoms. The van der Waals surface area contributed by atoms with Gasteiger partial charge in [0.25, 0.3) is 5.91 Å². The Bertz CT molecular complexity index is 1070. The molecule has 0 aliphatic heterocycles. The molecule has 6 N–H and O–H groups in total. The minimum absolute atomic E-state index is 0.0406. The summed E-state index contributed by atoms with van der Waals surface area (Å²) in [6, 6.07) is 12.6. The molecule has 1 saturated carbocycles. The van der Waals surface area contributed by atoms with E-state index < -0.39 is 11.7 Å². The van der Waals surface area contributed by atoms with E-state index in [0.717, 1.165) is 42.9 Å². The topological polar surface area (TPSA) is 119 Å². The smallest absolute Gasteiger partial charge is 0.252 e. The Morgan fingerprint density at radius 3 is 2.55 bits per heavy atom. The van der Waals surface area contributed by atoms with Crippen LogP contribution in [0.25, 0.3) is 11.1 Å². The van der Waals surface area contributed by atoms with Crippen LogP contribution >= 0.6 is 0 Å². The zero-order valence-electron chi connectivity index (χ0n) is 17.0. The number of benzene rings is 1. The second kappa shape index (κ2) is 9.09. The standard InChI is InChI=1S/C23H25FN6O/c24-18-11-17(21(26)31)22(30-23(18)29-20-9-5-4-8-19(20)25)28-16-10-15(12-27-13-16)14-6-2-1-3-7-14/h1-3,6-7,10-13,19-20H,4-5,8-9,25H2,(H2,26,31)(H2,28,29,30)/t19-,20?/m0/s1. The lowest BCUT2D eigenvalue weighted by Gasteiger charge is -2.30. The third kappa shape index (κ3) is 4.80. The van der Waals surface area contributed by atoms with Gasteiger partial charge in [-0.3, -0.25) is 9.78 Å². The number of primary amides is 1. The molecule has 0 saturated heterocycles. The summed E-state index contributed by atoms with van der Waals surface area (Å²) in [5.74, 6) is -1.22. The highest BCUT2D eigenvalue weighted by Crippen LogP contribution is 2.28. The lowest BCUT2D eigenvalue weighted by atomic mass is 9.91. The number of pyridine rings is 2. The molecule has 7 nitrogen and oxygen atoms in total. The maximum absolute atomic E-state index is 14.7. The summed E-state index contributed by atoms with van der Waals surface area (Å²) in [4.78, 5) is 20.5. The number of halogens is 1. The van der Waals surface area contributed by atoms with Crippen LogP contribution in [0.1, 0.15) is 36.0 Å². The molecule has 1 aromatic carbocycles. The van der Waals surface area contributed by atoms with Gasteiger partial charge in [0, 0.05) is 23.8 Å². The van der Waals surface area contributed by atoms with E-state index >= 15 is 0 Å². The summed E-state index contributed by atoms with van der Waals surface area (Å²) in [6.07, 6.45) is 7.15. The molecule has 1 aliphatic rings. The molecule has 4 rings (SSSR count). The highest BCUT2D eigenvalue weighted by atomic mass is 19.1. The van der Waals surface area contributed by atoms with Gasteiger partial charge in [0.2, 0.25) is 0 Å². The zero-order valence-corrected chi connectivity index (χ0v) is 17.0. The number of carbonyl (C=O) groups is 1. The van der Waals surface area contributed by atoms with E-state index in [-0.39, 0.29) is 29.3 Å². The number of rotatable bonds is 6. The largest absolute Gasteiger partial charge is 0.365 e. The predicted molar refractivity (Wildman–Crippen MR) is 120 cm³/mol. The second-order valence-corrected chi connectivity index (χ2v) is 7.73. The molecule has 8 heteroatoms. The third-order valence-electron chi connectivity index (χ3n) is 5.49. The van der Waals surface area contributed by atoms with E-state index in [9.17, 15) is 9.18 Å². The molecule has 160 valence electrons. The van der Waals surface area contributed by atoms with E-state index in [1.165, 1.54) is 0 Å². The first kappa shape index (κ1) is 20.7. The van der Waals surface area contributed by atoms with Crippen molar-refractivity contribution < 1.29 is 9.18 Å². The summed E-state index contributed by atoms with van der Waals surface area (Å²) >= 11 is 0. The lowest BCUT2D eigenvalue weighted by molar-refractivity contribution is 0.100. The Balaban J connectivity index is 1.64. The van der Waals surface area contributed by atoms with Crippen LogP contribution in [0.15, 0.2) is 54.9 Å². The quantitative estimate of drug-likeness (QED) is 0.482. The number of nitrogens with one attached hydrogen (secondary N) is 2. The van der Waals surface area contributed by atoms with E-state index in [1.807, 2.05) is 36.4 Å². The predicted octanol–water partition coefficient (Wildman–Crippen LogP) is 3.81. The fourth-order valence-corrected chi connectivity index (χ4v) is 3.82. The van der Waals surface area contributed by atoms with Gasteiger partial charge in [0.15, 0.2) is 11.6 Å². The highest BCUT2D eigenvalue weighted by molar-refractivity contribution is 5.98. The molecule has 1 fully saturated rings. The Morgan fingerprint density at radius 2 is 1.81 bits per heavy atom. The van der Waals surface area contributed by atoms with Crippen molar-refractivity contribution >= 4 is 23.2 Å². The van der Waals surface area contributed by atoms with Gasteiger partial charge in [0.05, 0.1) is 17.4 Å². The molecule has 31 heavy (non-hydrogen) atoms. The molecule has 2 atom stereocenters. The average Bonchev–Trinajstić information content (AvgIpc) is 2.78. The molecule has 2 heterocycles. The van der Waals surface area contributed by atoms with Gasteiger partial charge >= 0.3 is 0 Å². The van der Waals surface area contributed by atoms with Gasteiger partial charge in [-0.15, -0.1) is 0 Å². The molecule has 3 aromatic rings. The molecule has 0 spiro atoms. The fraction of sp³-hybridized carbons (Fsp3) is 0.261. The number of nitrogens with zero attached hydrogens (tertiary/aromatic N) is 2. The van der Waals surface area contributed by atoms with Gasteiger partial charge in [0.1, 0.15) is 5.82 Å². The molecule has 1 amide bonds. The van der Waals surface area contributed by atoms with E-state index in [4.69, 9.17) is 11.5 Å². The molecule has 1 unspecified atom stereocenters. The summed E-state index contributed by atoms with van der Waals surface area (Å²) in [6.45, 7) is 0. The maximum Gasteiger partial charge on any atom is 0.252 e. The van der Waals surface area contributed by atoms with Gasteiger partial charge in [-0.05, 0) is 30.5 Å². The van der Waals surface area contributed by atoms with Gasteiger partial charge in [-0.1, -0.05) is 43.2 Å². The SMILES string of the molecule is NC(=O)c1cc(F)c(NC2CCCC[C@@H]2N)nc1Nc1cncc(-c2ccccc2)c1. The Hall–Kier alpha value is -3.52. The third-order valence-corrected chi connectivity index (χ3v) is 5.49. The van der Waals surface area contributed by atoms with E-state index in [1.54, 1.807) is 12.4 Å². The molecule has 2 aromatic heterocycles. The Kier molecular flexibility index (Phi) is 6.08. The van der Waals surface area contributed by atoms with Gasteiger partial charge < -0.3 is 22.1 Å². The summed E-state index contributed by atoms with van der Waals surface area (Å²) in [5, 5.41) is 6.18. The summed E-state index contributed by atoms with van der Waals surface area (Å²) < 4.78 is 14.7. The van der Waals surface area contributed by atoms with Crippen molar-refractivity contribution in [3.63, 3.8) is 0 Å². The second-order valence-electron chi connectivity index (χ2n) is 7.73. The van der Waals surface area contributed by atoms with Crippen molar-refractivity contribution in [2.75, 3.05) is 10.6 Å².